The Hall–Kier alpha value is -0.0900. The van der Waals surface area contributed by atoms with Crippen LogP contribution in [0.25, 0.3) is 0 Å². The number of nitrogens with zero attached hydrogens (tertiary/aromatic N) is 2. The SMILES string of the molecule is CN=C(NCCCCN1CCCCC1C)NC(C)CCS(C)(=O)=O.I. The van der Waals surface area contributed by atoms with Crippen molar-refractivity contribution in [2.45, 2.75) is 64.5 Å². The molecule has 1 saturated heterocycles. The highest BCUT2D eigenvalue weighted by molar-refractivity contribution is 14.0. The van der Waals surface area contributed by atoms with E-state index in [1.807, 2.05) is 6.92 Å². The summed E-state index contributed by atoms with van der Waals surface area (Å²) in [5.74, 6) is 0.953. The Kier molecular flexibility index (Phi) is 13.1. The van der Waals surface area contributed by atoms with Gasteiger partial charge in [-0.15, -0.1) is 24.0 Å². The molecule has 0 saturated carbocycles. The predicted octanol–water partition coefficient (Wildman–Crippen LogP) is 2.25. The fourth-order valence-corrected chi connectivity index (χ4v) is 3.81. The number of halogens is 1. The van der Waals surface area contributed by atoms with Gasteiger partial charge in [0.05, 0.1) is 5.75 Å². The number of likely N-dealkylation sites (tertiary alicyclic amines) is 1. The summed E-state index contributed by atoms with van der Waals surface area (Å²) in [6, 6.07) is 0.817. The Balaban J connectivity index is 0.00000576. The van der Waals surface area contributed by atoms with E-state index in [-0.39, 0.29) is 35.8 Å². The summed E-state index contributed by atoms with van der Waals surface area (Å²) in [6.07, 6.45) is 8.21. The molecule has 6 nitrogen and oxygen atoms in total. The molecule has 2 atom stereocenters. The molecule has 2 N–H and O–H groups in total. The van der Waals surface area contributed by atoms with Crippen LogP contribution in [0, 0.1) is 0 Å². The number of hydrogen-bond acceptors (Lipinski definition) is 4. The maximum atomic E-state index is 11.2. The van der Waals surface area contributed by atoms with Gasteiger partial charge in [0.2, 0.25) is 0 Å². The van der Waals surface area contributed by atoms with Crippen LogP contribution in [-0.2, 0) is 9.84 Å². The van der Waals surface area contributed by atoms with Crippen molar-refractivity contribution in [1.29, 1.82) is 0 Å². The zero-order chi connectivity index (χ0) is 18.0. The lowest BCUT2D eigenvalue weighted by Crippen LogP contribution is -2.43. The number of sulfone groups is 1. The van der Waals surface area contributed by atoms with Crippen LogP contribution >= 0.6 is 24.0 Å². The summed E-state index contributed by atoms with van der Waals surface area (Å²) < 4.78 is 22.4. The third kappa shape index (κ3) is 12.0. The zero-order valence-electron chi connectivity index (χ0n) is 16.3. The fourth-order valence-electron chi connectivity index (χ4n) is 3.03. The molecular weight excluding hydrogens is 451 g/mol. The van der Waals surface area contributed by atoms with Crippen LogP contribution in [0.1, 0.15) is 52.4 Å². The van der Waals surface area contributed by atoms with Gasteiger partial charge in [0.1, 0.15) is 9.84 Å². The lowest BCUT2D eigenvalue weighted by molar-refractivity contribution is 0.158. The van der Waals surface area contributed by atoms with Crippen molar-refractivity contribution in [2.75, 3.05) is 38.7 Å². The lowest BCUT2D eigenvalue weighted by Gasteiger charge is -2.33. The smallest absolute Gasteiger partial charge is 0.191 e. The maximum absolute atomic E-state index is 11.2. The van der Waals surface area contributed by atoms with E-state index < -0.39 is 9.84 Å². The molecule has 0 radical (unpaired) electrons. The van der Waals surface area contributed by atoms with Gasteiger partial charge in [0, 0.05) is 31.9 Å². The normalized spacial score (nSPS) is 20.6. The number of unbranched alkanes of at least 4 members (excludes halogenated alkanes) is 1. The van der Waals surface area contributed by atoms with Crippen molar-refractivity contribution in [3.8, 4) is 0 Å². The highest BCUT2D eigenvalue weighted by Crippen LogP contribution is 2.16. The molecule has 0 aliphatic carbocycles. The van der Waals surface area contributed by atoms with Crippen LogP contribution < -0.4 is 10.6 Å². The highest BCUT2D eigenvalue weighted by atomic mass is 127. The topological polar surface area (TPSA) is 73.8 Å². The molecule has 1 heterocycles. The first-order chi connectivity index (χ1) is 11.3. The molecule has 2 unspecified atom stereocenters. The number of aliphatic imine (C=N–C) groups is 1. The number of guanidine groups is 1. The highest BCUT2D eigenvalue weighted by Gasteiger charge is 2.17. The molecule has 0 aromatic carbocycles. The molecule has 8 heteroatoms. The summed E-state index contributed by atoms with van der Waals surface area (Å²) in [7, 11) is -1.16. The molecule has 150 valence electrons. The second-order valence-corrected chi connectivity index (χ2v) is 9.31. The van der Waals surface area contributed by atoms with Gasteiger partial charge in [-0.2, -0.15) is 0 Å². The second kappa shape index (κ2) is 13.1. The number of hydrogen-bond donors (Lipinski definition) is 2. The summed E-state index contributed by atoms with van der Waals surface area (Å²) in [5.41, 5.74) is 0. The van der Waals surface area contributed by atoms with E-state index in [1.54, 1.807) is 7.05 Å². The van der Waals surface area contributed by atoms with E-state index in [9.17, 15) is 8.42 Å². The molecule has 1 fully saturated rings. The van der Waals surface area contributed by atoms with Gasteiger partial charge in [-0.05, 0) is 59.0 Å². The van der Waals surface area contributed by atoms with Crippen molar-refractivity contribution in [1.82, 2.24) is 15.5 Å². The predicted molar refractivity (Wildman–Crippen MR) is 118 cm³/mol. The zero-order valence-corrected chi connectivity index (χ0v) is 19.4. The average molecular weight is 488 g/mol. The standard InChI is InChI=1S/C17H36N4O2S.HI/c1-15(10-14-24(4,22)23)20-17(18-3)19-11-6-8-13-21-12-7-5-9-16(21)2;/h15-16H,5-14H2,1-4H3,(H2,18,19,20);1H. The molecule has 0 bridgehead atoms. The monoisotopic (exact) mass is 488 g/mol. The van der Waals surface area contributed by atoms with Crippen LogP contribution in [0.2, 0.25) is 0 Å². The van der Waals surface area contributed by atoms with E-state index in [0.29, 0.717) is 6.42 Å². The molecule has 1 aliphatic rings. The van der Waals surface area contributed by atoms with Gasteiger partial charge in [-0.1, -0.05) is 6.42 Å². The molecule has 0 amide bonds. The van der Waals surface area contributed by atoms with E-state index in [0.717, 1.165) is 25.0 Å². The van der Waals surface area contributed by atoms with Crippen LogP contribution in [0.5, 0.6) is 0 Å². The minimum absolute atomic E-state index is 0. The first-order valence-corrected chi connectivity index (χ1v) is 11.3. The third-order valence-electron chi connectivity index (χ3n) is 4.63. The van der Waals surface area contributed by atoms with E-state index in [4.69, 9.17) is 0 Å². The van der Waals surface area contributed by atoms with Gasteiger partial charge in [-0.25, -0.2) is 8.42 Å². The van der Waals surface area contributed by atoms with Gasteiger partial charge < -0.3 is 15.5 Å². The van der Waals surface area contributed by atoms with Gasteiger partial charge >= 0.3 is 0 Å². The summed E-state index contributed by atoms with van der Waals surface area (Å²) >= 11 is 0. The van der Waals surface area contributed by atoms with Crippen LogP contribution in [0.3, 0.4) is 0 Å². The van der Waals surface area contributed by atoms with E-state index in [1.165, 1.54) is 45.0 Å². The summed E-state index contributed by atoms with van der Waals surface area (Å²) in [5, 5.41) is 6.57. The lowest BCUT2D eigenvalue weighted by atomic mass is 10.0. The van der Waals surface area contributed by atoms with Crippen molar-refractivity contribution in [3.05, 3.63) is 0 Å². The van der Waals surface area contributed by atoms with Crippen molar-refractivity contribution in [3.63, 3.8) is 0 Å². The third-order valence-corrected chi connectivity index (χ3v) is 5.61. The molecule has 25 heavy (non-hydrogen) atoms. The Morgan fingerprint density at radius 2 is 2.04 bits per heavy atom. The van der Waals surface area contributed by atoms with E-state index >= 15 is 0 Å². The van der Waals surface area contributed by atoms with E-state index in [2.05, 4.69) is 27.4 Å². The minimum atomic E-state index is -2.91. The first kappa shape index (κ1) is 24.9. The molecule has 1 rings (SSSR count). The Labute approximate surface area is 171 Å². The van der Waals surface area contributed by atoms with Gasteiger partial charge in [-0.3, -0.25) is 4.99 Å². The van der Waals surface area contributed by atoms with Crippen molar-refractivity contribution >= 4 is 39.8 Å². The molecule has 0 spiro atoms. The van der Waals surface area contributed by atoms with Crippen LogP contribution in [-0.4, -0.2) is 70.1 Å². The molecule has 0 aromatic rings. The quantitative estimate of drug-likeness (QED) is 0.226. The van der Waals surface area contributed by atoms with Crippen molar-refractivity contribution in [2.24, 2.45) is 4.99 Å². The number of nitrogens with one attached hydrogen (secondary N) is 2. The van der Waals surface area contributed by atoms with Crippen LogP contribution in [0.15, 0.2) is 4.99 Å². The van der Waals surface area contributed by atoms with Crippen LogP contribution in [0.4, 0.5) is 0 Å². The van der Waals surface area contributed by atoms with Gasteiger partial charge in [0.15, 0.2) is 5.96 Å². The molecule has 1 aliphatic heterocycles. The Morgan fingerprint density at radius 3 is 2.64 bits per heavy atom. The van der Waals surface area contributed by atoms with Crippen molar-refractivity contribution < 1.29 is 8.42 Å². The maximum Gasteiger partial charge on any atom is 0.191 e. The largest absolute Gasteiger partial charge is 0.356 e. The molecule has 0 aromatic heterocycles. The molecular formula is C17H37IN4O2S. The summed E-state index contributed by atoms with van der Waals surface area (Å²) in [4.78, 5) is 6.81. The second-order valence-electron chi connectivity index (χ2n) is 7.05. The Bertz CT molecular complexity index is 485. The van der Waals surface area contributed by atoms with Gasteiger partial charge in [0.25, 0.3) is 0 Å². The Morgan fingerprint density at radius 1 is 1.32 bits per heavy atom. The first-order valence-electron chi connectivity index (χ1n) is 9.21. The summed E-state index contributed by atoms with van der Waals surface area (Å²) in [6.45, 7) is 7.63. The number of piperidine rings is 1. The number of rotatable bonds is 9. The fraction of sp³-hybridized carbons (Fsp3) is 0.941. The average Bonchev–Trinajstić information content (AvgIpc) is 2.52. The minimum Gasteiger partial charge on any atom is -0.356 e.